The van der Waals surface area contributed by atoms with Crippen LogP contribution < -0.4 is 0 Å². The number of nitrogens with zero attached hydrogens (tertiary/aromatic N) is 2. The Kier molecular flexibility index (Phi) is 4.79. The summed E-state index contributed by atoms with van der Waals surface area (Å²) in [6, 6.07) is 18.3. The number of amides is 2. The predicted molar refractivity (Wildman–Crippen MR) is 91.3 cm³/mol. The number of hydrogen-bond donors (Lipinski definition) is 0. The molecule has 1 fully saturated rings. The summed E-state index contributed by atoms with van der Waals surface area (Å²) < 4.78 is 4.84. The smallest absolute Gasteiger partial charge is 0.410 e. The summed E-state index contributed by atoms with van der Waals surface area (Å²) in [4.78, 5) is 26.7. The average Bonchev–Trinajstić information content (AvgIpc) is 3.01. The monoisotopic (exact) mass is 324 g/mol. The molecular weight excluding hydrogens is 304 g/mol. The molecule has 5 nitrogen and oxygen atoms in total. The number of benzene rings is 2. The van der Waals surface area contributed by atoms with Gasteiger partial charge in [-0.05, 0) is 16.7 Å². The molecule has 3 rings (SSSR count). The van der Waals surface area contributed by atoms with Crippen molar-refractivity contribution in [3.8, 4) is 11.1 Å². The maximum atomic E-state index is 12.2. The third kappa shape index (κ3) is 3.74. The van der Waals surface area contributed by atoms with Crippen LogP contribution in [-0.2, 0) is 16.1 Å². The van der Waals surface area contributed by atoms with Crippen molar-refractivity contribution in [2.45, 2.75) is 6.54 Å². The lowest BCUT2D eigenvalue weighted by Gasteiger charge is -2.20. The molecule has 2 aromatic rings. The summed E-state index contributed by atoms with van der Waals surface area (Å²) in [5, 5.41) is 0. The van der Waals surface area contributed by atoms with E-state index in [9.17, 15) is 9.59 Å². The fourth-order valence-corrected chi connectivity index (χ4v) is 2.65. The molecular formula is C19H20N2O3. The van der Waals surface area contributed by atoms with Crippen molar-refractivity contribution in [2.75, 3.05) is 26.7 Å². The van der Waals surface area contributed by atoms with E-state index in [0.29, 0.717) is 19.7 Å². The Hall–Kier alpha value is -2.82. The normalized spacial score (nSPS) is 13.7. The highest BCUT2D eigenvalue weighted by atomic mass is 16.6. The standard InChI is InChI=1S/C19H20N2O3/c1-20(18(22)14-21-11-12-24-19(21)23)13-15-7-9-17(10-8-15)16-5-3-2-4-6-16/h2-10H,11-14H2,1H3. The van der Waals surface area contributed by atoms with Crippen LogP contribution in [0.4, 0.5) is 4.79 Å². The molecule has 2 aromatic carbocycles. The molecule has 0 N–H and O–H groups in total. The van der Waals surface area contributed by atoms with Gasteiger partial charge in [0.25, 0.3) is 0 Å². The van der Waals surface area contributed by atoms with Crippen molar-refractivity contribution in [3.63, 3.8) is 0 Å². The van der Waals surface area contributed by atoms with Gasteiger partial charge in [0.1, 0.15) is 13.2 Å². The molecule has 0 spiro atoms. The van der Waals surface area contributed by atoms with E-state index in [1.807, 2.05) is 30.3 Å². The third-order valence-corrected chi connectivity index (χ3v) is 4.08. The Morgan fingerprint density at radius 3 is 2.38 bits per heavy atom. The largest absolute Gasteiger partial charge is 0.448 e. The molecule has 24 heavy (non-hydrogen) atoms. The van der Waals surface area contributed by atoms with Gasteiger partial charge in [-0.15, -0.1) is 0 Å². The van der Waals surface area contributed by atoms with Crippen LogP contribution in [0.1, 0.15) is 5.56 Å². The van der Waals surface area contributed by atoms with Crippen molar-refractivity contribution in [1.29, 1.82) is 0 Å². The minimum atomic E-state index is -0.413. The number of ether oxygens (including phenoxy) is 1. The summed E-state index contributed by atoms with van der Waals surface area (Å²) in [6.07, 6.45) is -0.413. The fraction of sp³-hybridized carbons (Fsp3) is 0.263. The number of likely N-dealkylation sites (N-methyl/N-ethyl adjacent to an activating group) is 1. The number of carbonyl (C=O) groups is 2. The molecule has 1 heterocycles. The minimum absolute atomic E-state index is 0.0669. The highest BCUT2D eigenvalue weighted by molar-refractivity contribution is 5.82. The Balaban J connectivity index is 1.59. The van der Waals surface area contributed by atoms with Crippen molar-refractivity contribution in [3.05, 3.63) is 60.2 Å². The molecule has 124 valence electrons. The quantitative estimate of drug-likeness (QED) is 0.850. The minimum Gasteiger partial charge on any atom is -0.448 e. The lowest BCUT2D eigenvalue weighted by Crippen LogP contribution is -2.38. The second-order valence-electron chi connectivity index (χ2n) is 5.85. The van der Waals surface area contributed by atoms with Gasteiger partial charge in [0.15, 0.2) is 0 Å². The van der Waals surface area contributed by atoms with E-state index in [2.05, 4.69) is 24.3 Å². The van der Waals surface area contributed by atoms with Gasteiger partial charge in [0.2, 0.25) is 5.91 Å². The van der Waals surface area contributed by atoms with E-state index < -0.39 is 6.09 Å². The van der Waals surface area contributed by atoms with Crippen LogP contribution in [0.25, 0.3) is 11.1 Å². The molecule has 0 saturated carbocycles. The predicted octanol–water partition coefficient (Wildman–Crippen LogP) is 2.76. The van der Waals surface area contributed by atoms with E-state index in [1.54, 1.807) is 11.9 Å². The summed E-state index contributed by atoms with van der Waals surface area (Å²) in [5.74, 6) is -0.0963. The van der Waals surface area contributed by atoms with Crippen molar-refractivity contribution >= 4 is 12.0 Å². The van der Waals surface area contributed by atoms with Crippen LogP contribution in [0.5, 0.6) is 0 Å². The van der Waals surface area contributed by atoms with Crippen LogP contribution in [0, 0.1) is 0 Å². The Labute approximate surface area is 141 Å². The molecule has 0 atom stereocenters. The highest BCUT2D eigenvalue weighted by Gasteiger charge is 2.25. The summed E-state index contributed by atoms with van der Waals surface area (Å²) in [7, 11) is 1.74. The topological polar surface area (TPSA) is 49.9 Å². The molecule has 1 aliphatic rings. The molecule has 0 aliphatic carbocycles. The summed E-state index contributed by atoms with van der Waals surface area (Å²) in [6.45, 7) is 1.41. The number of cyclic esters (lactones) is 1. The van der Waals surface area contributed by atoms with Gasteiger partial charge in [0, 0.05) is 13.6 Å². The van der Waals surface area contributed by atoms with Crippen LogP contribution in [0.3, 0.4) is 0 Å². The zero-order valence-electron chi connectivity index (χ0n) is 13.6. The zero-order valence-corrected chi connectivity index (χ0v) is 13.6. The maximum absolute atomic E-state index is 12.2. The van der Waals surface area contributed by atoms with Gasteiger partial charge < -0.3 is 9.64 Å². The SMILES string of the molecule is CN(Cc1ccc(-c2ccccc2)cc1)C(=O)CN1CCOC1=O. The second-order valence-corrected chi connectivity index (χ2v) is 5.85. The molecule has 0 aromatic heterocycles. The van der Waals surface area contributed by atoms with Gasteiger partial charge in [0.05, 0.1) is 6.54 Å². The van der Waals surface area contributed by atoms with E-state index in [-0.39, 0.29) is 12.5 Å². The first kappa shape index (κ1) is 16.1. The first-order valence-corrected chi connectivity index (χ1v) is 7.93. The Bertz CT molecular complexity index is 713. The van der Waals surface area contributed by atoms with Crippen LogP contribution >= 0.6 is 0 Å². The molecule has 0 radical (unpaired) electrons. The van der Waals surface area contributed by atoms with Gasteiger partial charge in [-0.3, -0.25) is 9.69 Å². The van der Waals surface area contributed by atoms with Gasteiger partial charge in [-0.1, -0.05) is 54.6 Å². The molecule has 1 saturated heterocycles. The van der Waals surface area contributed by atoms with Crippen molar-refractivity contribution in [1.82, 2.24) is 9.80 Å². The third-order valence-electron chi connectivity index (χ3n) is 4.08. The molecule has 0 bridgehead atoms. The molecule has 5 heteroatoms. The van der Waals surface area contributed by atoms with E-state index in [4.69, 9.17) is 4.74 Å². The van der Waals surface area contributed by atoms with Gasteiger partial charge in [-0.25, -0.2) is 4.79 Å². The Morgan fingerprint density at radius 1 is 1.08 bits per heavy atom. The maximum Gasteiger partial charge on any atom is 0.410 e. The Morgan fingerprint density at radius 2 is 1.75 bits per heavy atom. The summed E-state index contributed by atoms with van der Waals surface area (Å²) >= 11 is 0. The molecule has 1 aliphatic heterocycles. The van der Waals surface area contributed by atoms with Crippen LogP contribution in [0.2, 0.25) is 0 Å². The van der Waals surface area contributed by atoms with Gasteiger partial charge >= 0.3 is 6.09 Å². The fourth-order valence-electron chi connectivity index (χ4n) is 2.65. The van der Waals surface area contributed by atoms with Gasteiger partial charge in [-0.2, -0.15) is 0 Å². The lowest BCUT2D eigenvalue weighted by atomic mass is 10.0. The van der Waals surface area contributed by atoms with Crippen molar-refractivity contribution < 1.29 is 14.3 Å². The number of hydrogen-bond acceptors (Lipinski definition) is 3. The first-order chi connectivity index (χ1) is 11.6. The lowest BCUT2D eigenvalue weighted by molar-refractivity contribution is -0.130. The highest BCUT2D eigenvalue weighted by Crippen LogP contribution is 2.19. The van der Waals surface area contributed by atoms with Crippen LogP contribution in [-0.4, -0.2) is 48.5 Å². The summed E-state index contributed by atoms with van der Waals surface area (Å²) in [5.41, 5.74) is 3.36. The zero-order chi connectivity index (χ0) is 16.9. The molecule has 2 amide bonds. The molecule has 0 unspecified atom stereocenters. The average molecular weight is 324 g/mol. The van der Waals surface area contributed by atoms with E-state index >= 15 is 0 Å². The van der Waals surface area contributed by atoms with Crippen molar-refractivity contribution in [2.24, 2.45) is 0 Å². The number of carbonyl (C=O) groups excluding carboxylic acids is 2. The van der Waals surface area contributed by atoms with Crippen LogP contribution in [0.15, 0.2) is 54.6 Å². The number of rotatable bonds is 5. The second kappa shape index (κ2) is 7.17. The van der Waals surface area contributed by atoms with E-state index in [0.717, 1.165) is 11.1 Å². The first-order valence-electron chi connectivity index (χ1n) is 7.93. The van der Waals surface area contributed by atoms with E-state index in [1.165, 1.54) is 10.5 Å².